The van der Waals surface area contributed by atoms with E-state index in [-0.39, 0.29) is 0 Å². The third-order valence-corrected chi connectivity index (χ3v) is 2.83. The minimum atomic E-state index is 0.434. The van der Waals surface area contributed by atoms with Gasteiger partial charge in [-0.3, -0.25) is 0 Å². The van der Waals surface area contributed by atoms with Crippen LogP contribution in [0.1, 0.15) is 55.6 Å². The lowest BCUT2D eigenvalue weighted by Gasteiger charge is -2.11. The predicted molar refractivity (Wildman–Crippen MR) is 58.6 cm³/mol. The SMILES string of the molecule is CCCc1nnc(C(C)C)c2c1COC2. The summed E-state index contributed by atoms with van der Waals surface area (Å²) in [7, 11) is 0. The van der Waals surface area contributed by atoms with E-state index >= 15 is 0 Å². The number of aryl methyl sites for hydroxylation is 1. The van der Waals surface area contributed by atoms with Crippen molar-refractivity contribution in [2.45, 2.75) is 52.7 Å². The number of hydrogen-bond acceptors (Lipinski definition) is 3. The molecule has 1 aliphatic heterocycles. The number of ether oxygens (including phenoxy) is 1. The van der Waals surface area contributed by atoms with Crippen molar-refractivity contribution < 1.29 is 4.74 Å². The largest absolute Gasteiger partial charge is 0.372 e. The van der Waals surface area contributed by atoms with E-state index in [0.29, 0.717) is 5.92 Å². The van der Waals surface area contributed by atoms with Gasteiger partial charge in [-0.05, 0) is 12.3 Å². The topological polar surface area (TPSA) is 35.0 Å². The first-order chi connectivity index (χ1) is 7.24. The summed E-state index contributed by atoms with van der Waals surface area (Å²) in [6, 6.07) is 0. The fourth-order valence-electron chi connectivity index (χ4n) is 2.05. The zero-order chi connectivity index (χ0) is 10.8. The summed E-state index contributed by atoms with van der Waals surface area (Å²) in [6.07, 6.45) is 2.12. The van der Waals surface area contributed by atoms with Crippen LogP contribution in [0.3, 0.4) is 0 Å². The quantitative estimate of drug-likeness (QED) is 0.762. The maximum Gasteiger partial charge on any atom is 0.0744 e. The molecule has 3 nitrogen and oxygen atoms in total. The van der Waals surface area contributed by atoms with Gasteiger partial charge < -0.3 is 4.74 Å². The Morgan fingerprint density at radius 2 is 1.93 bits per heavy atom. The van der Waals surface area contributed by atoms with Crippen molar-refractivity contribution in [2.75, 3.05) is 0 Å². The van der Waals surface area contributed by atoms with Crippen LogP contribution in [-0.2, 0) is 24.4 Å². The van der Waals surface area contributed by atoms with E-state index in [2.05, 4.69) is 31.0 Å². The molecule has 1 aliphatic rings. The highest BCUT2D eigenvalue weighted by molar-refractivity contribution is 5.35. The lowest BCUT2D eigenvalue weighted by molar-refractivity contribution is 0.133. The fourth-order valence-corrected chi connectivity index (χ4v) is 2.05. The van der Waals surface area contributed by atoms with Gasteiger partial charge >= 0.3 is 0 Å². The zero-order valence-electron chi connectivity index (χ0n) is 9.71. The van der Waals surface area contributed by atoms with E-state index in [4.69, 9.17) is 4.74 Å². The first kappa shape index (κ1) is 10.6. The molecule has 0 radical (unpaired) electrons. The van der Waals surface area contributed by atoms with Gasteiger partial charge in [0.05, 0.1) is 24.6 Å². The Morgan fingerprint density at radius 1 is 1.20 bits per heavy atom. The summed E-state index contributed by atoms with van der Waals surface area (Å²) >= 11 is 0. The van der Waals surface area contributed by atoms with Gasteiger partial charge in [-0.2, -0.15) is 10.2 Å². The van der Waals surface area contributed by atoms with Gasteiger partial charge in [0.1, 0.15) is 0 Å². The molecule has 0 saturated heterocycles. The van der Waals surface area contributed by atoms with E-state index in [1.54, 1.807) is 0 Å². The normalized spacial score (nSPS) is 14.7. The summed E-state index contributed by atoms with van der Waals surface area (Å²) in [5.41, 5.74) is 4.84. The van der Waals surface area contributed by atoms with Crippen LogP contribution in [0, 0.1) is 0 Å². The van der Waals surface area contributed by atoms with Crippen molar-refractivity contribution in [3.8, 4) is 0 Å². The van der Waals surface area contributed by atoms with Crippen molar-refractivity contribution in [3.63, 3.8) is 0 Å². The third kappa shape index (κ3) is 1.88. The standard InChI is InChI=1S/C12H18N2O/c1-4-5-11-9-6-15-7-10(9)12(8(2)3)14-13-11/h8H,4-7H2,1-3H3. The van der Waals surface area contributed by atoms with E-state index in [1.165, 1.54) is 11.1 Å². The lowest BCUT2D eigenvalue weighted by atomic mass is 9.99. The molecule has 15 heavy (non-hydrogen) atoms. The molecule has 3 heteroatoms. The summed E-state index contributed by atoms with van der Waals surface area (Å²) in [5, 5.41) is 8.67. The highest BCUT2D eigenvalue weighted by atomic mass is 16.5. The molecule has 0 aromatic carbocycles. The molecule has 0 N–H and O–H groups in total. The number of rotatable bonds is 3. The van der Waals surface area contributed by atoms with Crippen molar-refractivity contribution in [3.05, 3.63) is 22.5 Å². The predicted octanol–water partition coefficient (Wildman–Crippen LogP) is 2.58. The van der Waals surface area contributed by atoms with Crippen molar-refractivity contribution in [1.29, 1.82) is 0 Å². The van der Waals surface area contributed by atoms with E-state index in [9.17, 15) is 0 Å². The molecule has 0 bridgehead atoms. The van der Waals surface area contributed by atoms with Gasteiger partial charge in [0.2, 0.25) is 0 Å². The summed E-state index contributed by atoms with van der Waals surface area (Å²) in [4.78, 5) is 0. The van der Waals surface area contributed by atoms with Gasteiger partial charge in [0.15, 0.2) is 0 Å². The molecule has 82 valence electrons. The molecular formula is C12H18N2O. The van der Waals surface area contributed by atoms with Gasteiger partial charge in [-0.1, -0.05) is 27.2 Å². The van der Waals surface area contributed by atoms with Crippen LogP contribution in [0.5, 0.6) is 0 Å². The number of aromatic nitrogens is 2. The highest BCUT2D eigenvalue weighted by Crippen LogP contribution is 2.28. The molecule has 0 aliphatic carbocycles. The van der Waals surface area contributed by atoms with E-state index < -0.39 is 0 Å². The molecule has 0 unspecified atom stereocenters. The first-order valence-corrected chi connectivity index (χ1v) is 5.69. The van der Waals surface area contributed by atoms with E-state index in [1.807, 2.05) is 0 Å². The van der Waals surface area contributed by atoms with Crippen LogP contribution in [0.2, 0.25) is 0 Å². The van der Waals surface area contributed by atoms with Gasteiger partial charge in [0.25, 0.3) is 0 Å². The molecule has 0 atom stereocenters. The molecule has 0 fully saturated rings. The molecule has 2 rings (SSSR count). The molecule has 1 aromatic heterocycles. The van der Waals surface area contributed by atoms with Gasteiger partial charge in [-0.25, -0.2) is 0 Å². The van der Waals surface area contributed by atoms with Crippen LogP contribution < -0.4 is 0 Å². The van der Waals surface area contributed by atoms with Crippen molar-refractivity contribution >= 4 is 0 Å². The molecule has 2 heterocycles. The van der Waals surface area contributed by atoms with Gasteiger partial charge in [0, 0.05) is 11.1 Å². The Bertz CT molecular complexity index is 361. The average Bonchev–Trinajstić information content (AvgIpc) is 2.66. The molecule has 0 amide bonds. The monoisotopic (exact) mass is 206 g/mol. The smallest absolute Gasteiger partial charge is 0.0744 e. The Kier molecular flexibility index (Phi) is 3.00. The Hall–Kier alpha value is -0.960. The molecule has 1 aromatic rings. The minimum Gasteiger partial charge on any atom is -0.372 e. The van der Waals surface area contributed by atoms with E-state index in [0.717, 1.165) is 37.4 Å². The Labute approximate surface area is 90.9 Å². The summed E-state index contributed by atoms with van der Waals surface area (Å²) in [6.45, 7) is 7.92. The van der Waals surface area contributed by atoms with Crippen LogP contribution in [0.4, 0.5) is 0 Å². The maximum absolute atomic E-state index is 5.51. The van der Waals surface area contributed by atoms with Crippen LogP contribution in [-0.4, -0.2) is 10.2 Å². The molecule has 0 saturated carbocycles. The van der Waals surface area contributed by atoms with Crippen LogP contribution >= 0.6 is 0 Å². The second-order valence-corrected chi connectivity index (χ2v) is 4.39. The van der Waals surface area contributed by atoms with Crippen LogP contribution in [0.15, 0.2) is 0 Å². The maximum atomic E-state index is 5.51. The summed E-state index contributed by atoms with van der Waals surface area (Å²) < 4.78 is 5.51. The Morgan fingerprint density at radius 3 is 2.60 bits per heavy atom. The van der Waals surface area contributed by atoms with Crippen LogP contribution in [0.25, 0.3) is 0 Å². The summed E-state index contributed by atoms with van der Waals surface area (Å²) in [5.74, 6) is 0.434. The minimum absolute atomic E-state index is 0.434. The lowest BCUT2D eigenvalue weighted by Crippen LogP contribution is -2.07. The van der Waals surface area contributed by atoms with Gasteiger partial charge in [-0.15, -0.1) is 0 Å². The second kappa shape index (κ2) is 4.27. The fraction of sp³-hybridized carbons (Fsp3) is 0.667. The van der Waals surface area contributed by atoms with Crippen molar-refractivity contribution in [1.82, 2.24) is 10.2 Å². The Balaban J connectivity index is 2.44. The number of fused-ring (bicyclic) bond motifs is 1. The number of hydrogen-bond donors (Lipinski definition) is 0. The van der Waals surface area contributed by atoms with Crippen molar-refractivity contribution in [2.24, 2.45) is 0 Å². The highest BCUT2D eigenvalue weighted by Gasteiger charge is 2.22. The molecule has 0 spiro atoms. The third-order valence-electron chi connectivity index (χ3n) is 2.83. The number of nitrogens with zero attached hydrogens (tertiary/aromatic N) is 2. The molecular weight excluding hydrogens is 188 g/mol. The average molecular weight is 206 g/mol. The second-order valence-electron chi connectivity index (χ2n) is 4.39. The first-order valence-electron chi connectivity index (χ1n) is 5.69. The zero-order valence-corrected chi connectivity index (χ0v) is 9.71.